The SMILES string of the molecule is C=C(c1ccccc1)N(Cc1ccccc1)[C@@H]1[C@@H](c2ccccc2)CC(C)(C)ON1O[Si](C)(C)C(C)(C)C. The molecule has 3 aromatic carbocycles. The van der Waals surface area contributed by atoms with Crippen LogP contribution in [0.2, 0.25) is 18.1 Å². The van der Waals surface area contributed by atoms with Crippen LogP contribution < -0.4 is 0 Å². The molecule has 0 unspecified atom stereocenters. The van der Waals surface area contributed by atoms with Crippen molar-refractivity contribution in [3.05, 3.63) is 114 Å². The number of nitrogens with zero attached hydrogens (tertiary/aromatic N) is 2. The van der Waals surface area contributed by atoms with Crippen LogP contribution in [0.15, 0.2) is 97.6 Å². The Labute approximate surface area is 230 Å². The Balaban J connectivity index is 1.87. The van der Waals surface area contributed by atoms with Crippen LogP contribution in [0.5, 0.6) is 0 Å². The second kappa shape index (κ2) is 11.2. The molecule has 0 bridgehead atoms. The maximum Gasteiger partial charge on any atom is 0.223 e. The van der Waals surface area contributed by atoms with Gasteiger partial charge in [-0.3, -0.25) is 4.84 Å². The molecule has 0 amide bonds. The van der Waals surface area contributed by atoms with Crippen molar-refractivity contribution in [1.29, 1.82) is 0 Å². The lowest BCUT2D eigenvalue weighted by Crippen LogP contribution is -2.61. The molecule has 38 heavy (non-hydrogen) atoms. The number of hydroxylamine groups is 2. The van der Waals surface area contributed by atoms with Gasteiger partial charge >= 0.3 is 0 Å². The molecule has 4 nitrogen and oxygen atoms in total. The molecule has 5 heteroatoms. The van der Waals surface area contributed by atoms with Crippen LogP contribution in [0.25, 0.3) is 5.70 Å². The fourth-order valence-electron chi connectivity index (χ4n) is 4.80. The van der Waals surface area contributed by atoms with Gasteiger partial charge in [0.25, 0.3) is 0 Å². The van der Waals surface area contributed by atoms with Crippen molar-refractivity contribution >= 4 is 14.0 Å². The van der Waals surface area contributed by atoms with Gasteiger partial charge in [-0.25, -0.2) is 0 Å². The molecule has 0 spiro atoms. The summed E-state index contributed by atoms with van der Waals surface area (Å²) in [4.78, 5) is 9.12. The highest BCUT2D eigenvalue weighted by Crippen LogP contribution is 2.46. The average molecular weight is 529 g/mol. The lowest BCUT2D eigenvalue weighted by molar-refractivity contribution is -0.426. The average Bonchev–Trinajstić information content (AvgIpc) is 2.87. The number of hydrogen-bond acceptors (Lipinski definition) is 4. The van der Waals surface area contributed by atoms with Crippen molar-refractivity contribution < 1.29 is 9.36 Å². The third kappa shape index (κ3) is 6.46. The molecule has 1 fully saturated rings. The van der Waals surface area contributed by atoms with E-state index in [1.165, 1.54) is 11.1 Å². The zero-order valence-corrected chi connectivity index (χ0v) is 25.1. The fourth-order valence-corrected chi connectivity index (χ4v) is 5.67. The van der Waals surface area contributed by atoms with E-state index in [1.54, 1.807) is 0 Å². The lowest BCUT2D eigenvalue weighted by Gasteiger charge is -2.54. The molecule has 0 N–H and O–H groups in total. The van der Waals surface area contributed by atoms with Crippen molar-refractivity contribution in [2.45, 2.75) is 83.4 Å². The van der Waals surface area contributed by atoms with Crippen LogP contribution in [0.1, 0.15) is 63.6 Å². The lowest BCUT2D eigenvalue weighted by atomic mass is 9.83. The van der Waals surface area contributed by atoms with Gasteiger partial charge in [0.1, 0.15) is 6.17 Å². The first-order valence-corrected chi connectivity index (χ1v) is 16.6. The Morgan fingerprint density at radius 1 is 0.947 bits per heavy atom. The number of benzene rings is 3. The molecule has 202 valence electrons. The van der Waals surface area contributed by atoms with E-state index in [1.807, 2.05) is 11.3 Å². The Hall–Kier alpha value is -2.70. The van der Waals surface area contributed by atoms with Crippen molar-refractivity contribution in [3.63, 3.8) is 0 Å². The molecule has 2 atom stereocenters. The summed E-state index contributed by atoms with van der Waals surface area (Å²) in [5.41, 5.74) is 4.14. The molecule has 1 aliphatic heterocycles. The highest BCUT2D eigenvalue weighted by atomic mass is 28.4. The topological polar surface area (TPSA) is 24.9 Å². The van der Waals surface area contributed by atoms with Gasteiger partial charge in [0.05, 0.1) is 5.60 Å². The molecular formula is C33H44N2O2Si. The van der Waals surface area contributed by atoms with Crippen LogP contribution >= 0.6 is 0 Å². The molecule has 1 aliphatic rings. The second-order valence-corrected chi connectivity index (χ2v) is 17.3. The third-order valence-corrected chi connectivity index (χ3v) is 12.2. The molecule has 4 rings (SSSR count). The first-order valence-electron chi connectivity index (χ1n) is 13.7. The van der Waals surface area contributed by atoms with Crippen molar-refractivity contribution in [2.24, 2.45) is 0 Å². The van der Waals surface area contributed by atoms with E-state index in [0.717, 1.165) is 17.7 Å². The highest BCUT2D eigenvalue weighted by molar-refractivity contribution is 6.74. The van der Waals surface area contributed by atoms with Crippen molar-refractivity contribution in [1.82, 2.24) is 10.1 Å². The van der Waals surface area contributed by atoms with Gasteiger partial charge in [-0.2, -0.15) is 0 Å². The summed E-state index contributed by atoms with van der Waals surface area (Å²) in [5, 5.41) is 1.88. The summed E-state index contributed by atoms with van der Waals surface area (Å²) < 4.78 is 7.02. The standard InChI is InChI=1S/C33H44N2O2Si/c1-26(28-20-14-10-15-21-28)34(25-27-18-12-9-13-19-27)31-30(29-22-16-11-17-23-29)24-33(5,6)36-35(31)37-38(7,8)32(2,3)4/h9-23,30-31H,1,24-25H2,2-8H3/t30-,31+/m1/s1. The minimum Gasteiger partial charge on any atom is -0.347 e. The predicted octanol–water partition coefficient (Wildman–Crippen LogP) is 8.62. The Morgan fingerprint density at radius 2 is 1.47 bits per heavy atom. The summed E-state index contributed by atoms with van der Waals surface area (Å²) in [6, 6.07) is 31.8. The number of hydrogen-bond donors (Lipinski definition) is 0. The van der Waals surface area contributed by atoms with Crippen LogP contribution in [0.4, 0.5) is 0 Å². The normalized spacial score (nSPS) is 20.2. The van der Waals surface area contributed by atoms with E-state index in [9.17, 15) is 0 Å². The summed E-state index contributed by atoms with van der Waals surface area (Å²) in [7, 11) is -2.23. The quantitative estimate of drug-likeness (QED) is 0.273. The van der Waals surface area contributed by atoms with E-state index in [-0.39, 0.29) is 17.1 Å². The van der Waals surface area contributed by atoms with E-state index in [0.29, 0.717) is 6.54 Å². The van der Waals surface area contributed by atoms with Gasteiger partial charge in [0.15, 0.2) is 0 Å². The molecule has 0 aromatic heterocycles. The fraction of sp³-hybridized carbons (Fsp3) is 0.394. The highest BCUT2D eigenvalue weighted by Gasteiger charge is 2.50. The first-order chi connectivity index (χ1) is 17.9. The van der Waals surface area contributed by atoms with Crippen molar-refractivity contribution in [2.75, 3.05) is 0 Å². The minimum absolute atomic E-state index is 0.0193. The van der Waals surface area contributed by atoms with Gasteiger partial charge in [0, 0.05) is 18.2 Å². The first kappa shape index (κ1) is 28.3. The predicted molar refractivity (Wildman–Crippen MR) is 160 cm³/mol. The van der Waals surface area contributed by atoms with Gasteiger partial charge in [-0.15, -0.1) is 0 Å². The Morgan fingerprint density at radius 3 is 2.03 bits per heavy atom. The van der Waals surface area contributed by atoms with E-state index < -0.39 is 13.9 Å². The molecular weight excluding hydrogens is 484 g/mol. The molecule has 1 saturated heterocycles. The summed E-state index contributed by atoms with van der Waals surface area (Å²) >= 11 is 0. The molecule has 0 radical (unpaired) electrons. The second-order valence-electron chi connectivity index (χ2n) is 12.5. The van der Waals surface area contributed by atoms with E-state index in [4.69, 9.17) is 9.36 Å². The smallest absolute Gasteiger partial charge is 0.223 e. The third-order valence-electron chi connectivity index (χ3n) is 7.95. The molecule has 1 heterocycles. The zero-order chi connectivity index (χ0) is 27.6. The molecule has 3 aromatic rings. The van der Waals surface area contributed by atoms with Crippen LogP contribution in [0, 0.1) is 0 Å². The van der Waals surface area contributed by atoms with Gasteiger partial charge in [-0.05, 0) is 55.1 Å². The van der Waals surface area contributed by atoms with Gasteiger partial charge in [0.2, 0.25) is 8.32 Å². The van der Waals surface area contributed by atoms with Crippen LogP contribution in [-0.4, -0.2) is 30.2 Å². The van der Waals surface area contributed by atoms with E-state index in [2.05, 4.69) is 144 Å². The summed E-state index contributed by atoms with van der Waals surface area (Å²) in [6.45, 7) is 21.0. The van der Waals surface area contributed by atoms with Gasteiger partial charge in [-0.1, -0.05) is 124 Å². The Kier molecular flexibility index (Phi) is 8.34. The Bertz CT molecular complexity index is 1190. The van der Waals surface area contributed by atoms with Crippen molar-refractivity contribution in [3.8, 4) is 0 Å². The van der Waals surface area contributed by atoms with Crippen LogP contribution in [0.3, 0.4) is 0 Å². The monoisotopic (exact) mass is 528 g/mol. The van der Waals surface area contributed by atoms with Gasteiger partial charge < -0.3 is 9.43 Å². The summed E-state index contributed by atoms with van der Waals surface area (Å²) in [6.07, 6.45) is 0.638. The maximum absolute atomic E-state index is 7.02. The summed E-state index contributed by atoms with van der Waals surface area (Å²) in [5.74, 6) is 0.133. The maximum atomic E-state index is 7.02. The van der Waals surface area contributed by atoms with Crippen LogP contribution in [-0.2, 0) is 15.9 Å². The van der Waals surface area contributed by atoms with E-state index >= 15 is 0 Å². The molecule has 0 aliphatic carbocycles. The molecule has 0 saturated carbocycles. The largest absolute Gasteiger partial charge is 0.347 e. The zero-order valence-electron chi connectivity index (χ0n) is 24.1. The number of rotatable bonds is 8. The minimum atomic E-state index is -2.23.